The average molecular weight is 460 g/mol. The Labute approximate surface area is 203 Å². The van der Waals surface area contributed by atoms with Crippen LogP contribution in [0.3, 0.4) is 0 Å². The number of anilines is 1. The van der Waals surface area contributed by atoms with Crippen LogP contribution in [-0.4, -0.2) is 59.5 Å². The molecule has 6 nitrogen and oxygen atoms in total. The maximum absolute atomic E-state index is 13.0. The van der Waals surface area contributed by atoms with Crippen molar-refractivity contribution in [3.8, 4) is 6.07 Å². The molecular weight excluding hydrogens is 422 g/mol. The van der Waals surface area contributed by atoms with Gasteiger partial charge in [0.1, 0.15) is 11.9 Å². The summed E-state index contributed by atoms with van der Waals surface area (Å²) in [6.45, 7) is 9.01. The van der Waals surface area contributed by atoms with E-state index in [1.54, 1.807) is 0 Å². The Morgan fingerprint density at radius 1 is 1.06 bits per heavy atom. The molecule has 1 aliphatic carbocycles. The number of rotatable bonds is 7. The van der Waals surface area contributed by atoms with Crippen LogP contribution in [0, 0.1) is 25.2 Å². The molecule has 4 rings (SSSR count). The van der Waals surface area contributed by atoms with Crippen LogP contribution < -0.4 is 5.32 Å². The molecule has 0 bridgehead atoms. The summed E-state index contributed by atoms with van der Waals surface area (Å²) in [5, 5.41) is 12.9. The number of aromatic nitrogens is 1. The molecule has 6 heteroatoms. The van der Waals surface area contributed by atoms with Crippen molar-refractivity contribution in [1.82, 2.24) is 14.4 Å². The van der Waals surface area contributed by atoms with E-state index in [0.717, 1.165) is 56.8 Å². The standard InChI is InChI=1S/C28H37N5O/c1-22-23(2)33(25-13-7-4-8-14-25)28(26(22)20-29)30-27(34)21-32-18-16-31(17-19-32)15-9-12-24-10-5-3-6-11-24/h3,5-6,9-12,25H,4,7-8,13-19,21H2,1-2H3,(H,30,34)/b12-9+. The Bertz CT molecular complexity index is 1030. The minimum absolute atomic E-state index is 0.0246. The number of piperazine rings is 1. The van der Waals surface area contributed by atoms with Crippen molar-refractivity contribution < 1.29 is 4.79 Å². The molecule has 1 aromatic heterocycles. The summed E-state index contributed by atoms with van der Waals surface area (Å²) in [4.78, 5) is 17.6. The van der Waals surface area contributed by atoms with Crippen LogP contribution >= 0.6 is 0 Å². The molecule has 2 aliphatic rings. The van der Waals surface area contributed by atoms with Gasteiger partial charge >= 0.3 is 0 Å². The van der Waals surface area contributed by atoms with E-state index in [4.69, 9.17) is 0 Å². The first-order valence-corrected chi connectivity index (χ1v) is 12.6. The maximum Gasteiger partial charge on any atom is 0.239 e. The summed E-state index contributed by atoms with van der Waals surface area (Å²) in [6, 6.07) is 13.1. The highest BCUT2D eigenvalue weighted by molar-refractivity contribution is 5.93. The molecule has 0 spiro atoms. The Kier molecular flexibility index (Phi) is 8.21. The number of hydrogen-bond donors (Lipinski definition) is 1. The van der Waals surface area contributed by atoms with Crippen LogP contribution in [0.5, 0.6) is 0 Å². The van der Waals surface area contributed by atoms with Gasteiger partial charge in [-0.15, -0.1) is 0 Å². The van der Waals surface area contributed by atoms with Gasteiger partial charge in [0.05, 0.1) is 12.1 Å². The number of nitrogens with zero attached hydrogens (tertiary/aromatic N) is 4. The molecular formula is C28H37N5O. The summed E-state index contributed by atoms with van der Waals surface area (Å²) < 4.78 is 2.24. The lowest BCUT2D eigenvalue weighted by Gasteiger charge is -2.33. The largest absolute Gasteiger partial charge is 0.327 e. The smallest absolute Gasteiger partial charge is 0.239 e. The summed E-state index contributed by atoms with van der Waals surface area (Å²) in [6.07, 6.45) is 10.3. The van der Waals surface area contributed by atoms with Crippen molar-refractivity contribution in [2.45, 2.75) is 52.0 Å². The molecule has 1 amide bonds. The fourth-order valence-electron chi connectivity index (χ4n) is 5.29. The number of carbonyl (C=O) groups excluding carboxylic acids is 1. The second-order valence-electron chi connectivity index (χ2n) is 9.65. The van der Waals surface area contributed by atoms with E-state index in [1.807, 2.05) is 13.0 Å². The van der Waals surface area contributed by atoms with Crippen LogP contribution in [0.15, 0.2) is 36.4 Å². The Balaban J connectivity index is 1.32. The third-order valence-electron chi connectivity index (χ3n) is 7.37. The highest BCUT2D eigenvalue weighted by Gasteiger charge is 2.26. The van der Waals surface area contributed by atoms with Crippen LogP contribution in [-0.2, 0) is 4.79 Å². The predicted molar refractivity (Wildman–Crippen MR) is 138 cm³/mol. The molecule has 2 heterocycles. The molecule has 1 saturated heterocycles. The number of nitrogens with one attached hydrogen (secondary N) is 1. The van der Waals surface area contributed by atoms with Gasteiger partial charge in [-0.3, -0.25) is 14.6 Å². The van der Waals surface area contributed by atoms with E-state index in [0.29, 0.717) is 24.0 Å². The molecule has 0 atom stereocenters. The fourth-order valence-corrected chi connectivity index (χ4v) is 5.29. The first-order valence-electron chi connectivity index (χ1n) is 12.6. The van der Waals surface area contributed by atoms with E-state index in [1.165, 1.54) is 24.8 Å². The summed E-state index contributed by atoms with van der Waals surface area (Å²) >= 11 is 0. The molecule has 1 aromatic carbocycles. The van der Waals surface area contributed by atoms with Gasteiger partial charge < -0.3 is 9.88 Å². The number of amides is 1. The highest BCUT2D eigenvalue weighted by atomic mass is 16.2. The SMILES string of the molecule is Cc1c(C#N)c(NC(=O)CN2CCN(C/C=C/c3ccccc3)CC2)n(C2CCCCC2)c1C. The quantitative estimate of drug-likeness (QED) is 0.649. The minimum Gasteiger partial charge on any atom is -0.327 e. The molecule has 34 heavy (non-hydrogen) atoms. The van der Waals surface area contributed by atoms with Gasteiger partial charge in [0.25, 0.3) is 0 Å². The zero-order chi connectivity index (χ0) is 23.9. The predicted octanol–water partition coefficient (Wildman–Crippen LogP) is 4.75. The van der Waals surface area contributed by atoms with Crippen molar-refractivity contribution in [1.29, 1.82) is 5.26 Å². The first kappa shape index (κ1) is 24.3. The van der Waals surface area contributed by atoms with E-state index in [2.05, 4.69) is 69.1 Å². The number of hydrogen-bond acceptors (Lipinski definition) is 4. The van der Waals surface area contributed by atoms with Gasteiger partial charge in [-0.2, -0.15) is 5.26 Å². The highest BCUT2D eigenvalue weighted by Crippen LogP contribution is 2.36. The van der Waals surface area contributed by atoms with Crippen molar-refractivity contribution in [3.05, 3.63) is 58.8 Å². The lowest BCUT2D eigenvalue weighted by Crippen LogP contribution is -2.48. The van der Waals surface area contributed by atoms with E-state index < -0.39 is 0 Å². The monoisotopic (exact) mass is 459 g/mol. The van der Waals surface area contributed by atoms with E-state index in [9.17, 15) is 10.1 Å². The van der Waals surface area contributed by atoms with Gasteiger partial charge in [0.15, 0.2) is 0 Å². The molecule has 2 aromatic rings. The number of benzene rings is 1. The first-order chi connectivity index (χ1) is 16.6. The molecule has 0 unspecified atom stereocenters. The molecule has 1 saturated carbocycles. The maximum atomic E-state index is 13.0. The van der Waals surface area contributed by atoms with Crippen LogP contribution in [0.2, 0.25) is 0 Å². The van der Waals surface area contributed by atoms with Gasteiger partial charge in [-0.1, -0.05) is 61.7 Å². The fraction of sp³-hybridized carbons (Fsp3) is 0.500. The topological polar surface area (TPSA) is 64.3 Å². The average Bonchev–Trinajstić information content (AvgIpc) is 3.10. The van der Waals surface area contributed by atoms with Crippen LogP contribution in [0.1, 0.15) is 60.5 Å². The van der Waals surface area contributed by atoms with E-state index in [-0.39, 0.29) is 5.91 Å². The summed E-state index contributed by atoms with van der Waals surface area (Å²) in [7, 11) is 0. The zero-order valence-corrected chi connectivity index (χ0v) is 20.6. The molecule has 1 aliphatic heterocycles. The third kappa shape index (κ3) is 5.78. The Morgan fingerprint density at radius 3 is 2.41 bits per heavy atom. The van der Waals surface area contributed by atoms with Crippen molar-refractivity contribution in [2.24, 2.45) is 0 Å². The molecule has 0 radical (unpaired) electrons. The third-order valence-corrected chi connectivity index (χ3v) is 7.37. The van der Waals surface area contributed by atoms with Crippen molar-refractivity contribution in [3.63, 3.8) is 0 Å². The summed E-state index contributed by atoms with van der Waals surface area (Å²) in [5.74, 6) is 0.683. The Morgan fingerprint density at radius 2 is 1.74 bits per heavy atom. The lowest BCUT2D eigenvalue weighted by molar-refractivity contribution is -0.117. The van der Waals surface area contributed by atoms with Crippen LogP contribution in [0.4, 0.5) is 5.82 Å². The van der Waals surface area contributed by atoms with Gasteiger partial charge in [-0.05, 0) is 37.8 Å². The van der Waals surface area contributed by atoms with Gasteiger partial charge in [0.2, 0.25) is 5.91 Å². The molecule has 1 N–H and O–H groups in total. The molecule has 180 valence electrons. The van der Waals surface area contributed by atoms with Crippen molar-refractivity contribution >= 4 is 17.8 Å². The second-order valence-corrected chi connectivity index (χ2v) is 9.65. The molecule has 2 fully saturated rings. The minimum atomic E-state index is -0.0246. The van der Waals surface area contributed by atoms with Gasteiger partial charge in [0, 0.05) is 44.5 Å². The summed E-state index contributed by atoms with van der Waals surface area (Å²) in [5.41, 5.74) is 3.93. The number of carbonyl (C=O) groups is 1. The van der Waals surface area contributed by atoms with E-state index >= 15 is 0 Å². The lowest BCUT2D eigenvalue weighted by atomic mass is 9.95. The van der Waals surface area contributed by atoms with Crippen LogP contribution in [0.25, 0.3) is 6.08 Å². The normalized spacial score (nSPS) is 18.3. The Hall–Kier alpha value is -2.88. The second kappa shape index (κ2) is 11.5. The van der Waals surface area contributed by atoms with Gasteiger partial charge in [-0.25, -0.2) is 0 Å². The zero-order valence-electron chi connectivity index (χ0n) is 20.6. The van der Waals surface area contributed by atoms with Crippen molar-refractivity contribution in [2.75, 3.05) is 44.6 Å². The number of nitriles is 1.